The van der Waals surface area contributed by atoms with E-state index in [1.807, 2.05) is 26.0 Å². The molecule has 2 aromatic heterocycles. The summed E-state index contributed by atoms with van der Waals surface area (Å²) in [5.74, 6) is 1.42. The summed E-state index contributed by atoms with van der Waals surface area (Å²) in [6, 6.07) is 3.92. The van der Waals surface area contributed by atoms with E-state index in [1.165, 1.54) is 4.88 Å². The van der Waals surface area contributed by atoms with Crippen molar-refractivity contribution < 1.29 is 4.74 Å². The molecule has 2 aromatic rings. The number of aromatic nitrogens is 2. The summed E-state index contributed by atoms with van der Waals surface area (Å²) in [5, 5.41) is 7.71. The molecule has 0 aliphatic rings. The molecule has 0 amide bonds. The second-order valence-corrected chi connectivity index (χ2v) is 6.62. The zero-order chi connectivity index (χ0) is 17.4. The number of hydrogen-bond acceptors (Lipinski definition) is 5. The molecule has 0 bridgehead atoms. The summed E-state index contributed by atoms with van der Waals surface area (Å²) >= 11 is 1.71. The molecule has 24 heavy (non-hydrogen) atoms. The quantitative estimate of drug-likeness (QED) is 0.595. The van der Waals surface area contributed by atoms with E-state index in [0.717, 1.165) is 28.6 Å². The summed E-state index contributed by atoms with van der Waals surface area (Å²) in [4.78, 5) is 14.2. The zero-order valence-electron chi connectivity index (χ0n) is 14.7. The van der Waals surface area contributed by atoms with Crippen molar-refractivity contribution in [1.29, 1.82) is 0 Å². The molecule has 0 atom stereocenters. The number of hydrogen-bond donors (Lipinski definition) is 2. The fraction of sp³-hybridized carbons (Fsp3) is 0.471. The van der Waals surface area contributed by atoms with Crippen molar-refractivity contribution in [3.05, 3.63) is 39.5 Å². The normalized spacial score (nSPS) is 11.4. The zero-order valence-corrected chi connectivity index (χ0v) is 15.5. The number of pyridine rings is 1. The Labute approximate surface area is 147 Å². The molecular formula is C17H25N5OS. The lowest BCUT2D eigenvalue weighted by molar-refractivity contribution is 0.301. The number of ether oxygens (including phenoxy) is 1. The number of thiazole rings is 1. The Hall–Kier alpha value is -2.15. The van der Waals surface area contributed by atoms with Crippen molar-refractivity contribution in [2.24, 2.45) is 4.99 Å². The second-order valence-electron chi connectivity index (χ2n) is 5.34. The predicted octanol–water partition coefficient (Wildman–Crippen LogP) is 2.81. The fourth-order valence-electron chi connectivity index (χ4n) is 2.19. The first-order valence-electron chi connectivity index (χ1n) is 8.08. The molecule has 2 N–H and O–H groups in total. The van der Waals surface area contributed by atoms with Crippen LogP contribution in [0.4, 0.5) is 0 Å². The van der Waals surface area contributed by atoms with Gasteiger partial charge in [-0.15, -0.1) is 11.3 Å². The van der Waals surface area contributed by atoms with E-state index in [4.69, 9.17) is 4.74 Å². The molecule has 2 rings (SSSR count). The maximum Gasteiger partial charge on any atom is 0.218 e. The molecule has 0 saturated carbocycles. The maximum atomic E-state index is 5.68. The van der Waals surface area contributed by atoms with Gasteiger partial charge in [0.2, 0.25) is 5.88 Å². The van der Waals surface area contributed by atoms with Crippen LogP contribution < -0.4 is 15.4 Å². The minimum atomic E-state index is 0.604. The SMILES string of the molecule is CCCOc1ncccc1CNC(=NC)NCc1sc(C)nc1C. The molecule has 130 valence electrons. The van der Waals surface area contributed by atoms with Crippen LogP contribution in [0.25, 0.3) is 0 Å². The average molecular weight is 347 g/mol. The predicted molar refractivity (Wildman–Crippen MR) is 98.6 cm³/mol. The summed E-state index contributed by atoms with van der Waals surface area (Å²) in [5.41, 5.74) is 2.08. The first-order valence-corrected chi connectivity index (χ1v) is 8.89. The third kappa shape index (κ3) is 5.19. The highest BCUT2D eigenvalue weighted by molar-refractivity contribution is 7.11. The van der Waals surface area contributed by atoms with Crippen LogP contribution in [-0.4, -0.2) is 29.6 Å². The fourth-order valence-corrected chi connectivity index (χ4v) is 3.07. The molecule has 0 aromatic carbocycles. The lowest BCUT2D eigenvalue weighted by Gasteiger charge is -2.13. The van der Waals surface area contributed by atoms with E-state index >= 15 is 0 Å². The van der Waals surface area contributed by atoms with Crippen LogP contribution in [0.2, 0.25) is 0 Å². The van der Waals surface area contributed by atoms with E-state index in [2.05, 4.69) is 32.5 Å². The van der Waals surface area contributed by atoms with Gasteiger partial charge in [0.25, 0.3) is 0 Å². The number of guanidine groups is 1. The van der Waals surface area contributed by atoms with Gasteiger partial charge in [-0.3, -0.25) is 4.99 Å². The number of nitrogens with one attached hydrogen (secondary N) is 2. The summed E-state index contributed by atoms with van der Waals surface area (Å²) in [7, 11) is 1.76. The van der Waals surface area contributed by atoms with E-state index in [1.54, 1.807) is 24.6 Å². The van der Waals surface area contributed by atoms with Gasteiger partial charge in [-0.1, -0.05) is 13.0 Å². The Kier molecular flexibility index (Phi) is 6.99. The standard InChI is InChI=1S/C17H25N5OS/c1-5-9-23-16-14(7-6-8-19-16)10-20-17(18-4)21-11-15-12(2)22-13(3)24-15/h6-8H,5,9-11H2,1-4H3,(H2,18,20,21). The van der Waals surface area contributed by atoms with Crippen LogP contribution in [-0.2, 0) is 13.1 Å². The maximum absolute atomic E-state index is 5.68. The highest BCUT2D eigenvalue weighted by atomic mass is 32.1. The lowest BCUT2D eigenvalue weighted by atomic mass is 10.2. The Balaban J connectivity index is 1.91. The van der Waals surface area contributed by atoms with Crippen molar-refractivity contribution in [1.82, 2.24) is 20.6 Å². The average Bonchev–Trinajstić information content (AvgIpc) is 2.91. The smallest absolute Gasteiger partial charge is 0.218 e. The van der Waals surface area contributed by atoms with Crippen LogP contribution in [0, 0.1) is 13.8 Å². The second kappa shape index (κ2) is 9.22. The number of aryl methyl sites for hydroxylation is 2. The molecule has 0 aliphatic carbocycles. The Morgan fingerprint density at radius 2 is 2.08 bits per heavy atom. The lowest BCUT2D eigenvalue weighted by Crippen LogP contribution is -2.36. The van der Waals surface area contributed by atoms with Crippen molar-refractivity contribution in [2.45, 2.75) is 40.3 Å². The van der Waals surface area contributed by atoms with Crippen LogP contribution in [0.15, 0.2) is 23.3 Å². The molecular weight excluding hydrogens is 322 g/mol. The Morgan fingerprint density at radius 1 is 1.29 bits per heavy atom. The largest absolute Gasteiger partial charge is 0.477 e. The summed E-state index contributed by atoms with van der Waals surface area (Å²) in [6.45, 7) is 8.12. The minimum absolute atomic E-state index is 0.604. The van der Waals surface area contributed by atoms with Gasteiger partial charge in [0.05, 0.1) is 23.9 Å². The van der Waals surface area contributed by atoms with E-state index < -0.39 is 0 Å². The molecule has 0 spiro atoms. The molecule has 0 saturated heterocycles. The number of aliphatic imine (C=N–C) groups is 1. The first kappa shape index (κ1) is 18.2. The summed E-state index contributed by atoms with van der Waals surface area (Å²) in [6.07, 6.45) is 2.71. The van der Waals surface area contributed by atoms with Crippen molar-refractivity contribution in [2.75, 3.05) is 13.7 Å². The Bertz CT molecular complexity index is 683. The molecule has 7 heteroatoms. The van der Waals surface area contributed by atoms with Crippen LogP contribution in [0.1, 0.15) is 34.5 Å². The third-order valence-corrected chi connectivity index (χ3v) is 4.45. The van der Waals surface area contributed by atoms with Gasteiger partial charge in [-0.25, -0.2) is 9.97 Å². The molecule has 0 radical (unpaired) electrons. The van der Waals surface area contributed by atoms with Crippen LogP contribution in [0.5, 0.6) is 5.88 Å². The molecule has 0 unspecified atom stereocenters. The molecule has 6 nitrogen and oxygen atoms in total. The van der Waals surface area contributed by atoms with Gasteiger partial charge >= 0.3 is 0 Å². The summed E-state index contributed by atoms with van der Waals surface area (Å²) < 4.78 is 5.68. The monoisotopic (exact) mass is 347 g/mol. The van der Waals surface area contributed by atoms with Crippen LogP contribution in [0.3, 0.4) is 0 Å². The van der Waals surface area contributed by atoms with Gasteiger partial charge in [0.1, 0.15) is 0 Å². The highest BCUT2D eigenvalue weighted by Crippen LogP contribution is 2.17. The van der Waals surface area contributed by atoms with E-state index in [9.17, 15) is 0 Å². The molecule has 0 fully saturated rings. The van der Waals surface area contributed by atoms with Gasteiger partial charge in [0, 0.05) is 30.2 Å². The van der Waals surface area contributed by atoms with E-state index in [0.29, 0.717) is 25.6 Å². The van der Waals surface area contributed by atoms with Crippen molar-refractivity contribution >= 4 is 17.3 Å². The minimum Gasteiger partial charge on any atom is -0.477 e. The molecule has 0 aliphatic heterocycles. The van der Waals surface area contributed by atoms with Crippen LogP contribution >= 0.6 is 11.3 Å². The van der Waals surface area contributed by atoms with Gasteiger partial charge in [-0.2, -0.15) is 0 Å². The van der Waals surface area contributed by atoms with Crippen molar-refractivity contribution in [3.63, 3.8) is 0 Å². The topological polar surface area (TPSA) is 71.4 Å². The van der Waals surface area contributed by atoms with E-state index in [-0.39, 0.29) is 0 Å². The van der Waals surface area contributed by atoms with Crippen molar-refractivity contribution in [3.8, 4) is 5.88 Å². The van der Waals surface area contributed by atoms with Gasteiger partial charge in [0.15, 0.2) is 5.96 Å². The highest BCUT2D eigenvalue weighted by Gasteiger charge is 2.08. The van der Waals surface area contributed by atoms with Gasteiger partial charge < -0.3 is 15.4 Å². The number of nitrogens with zero attached hydrogens (tertiary/aromatic N) is 3. The Morgan fingerprint density at radius 3 is 2.75 bits per heavy atom. The number of rotatable bonds is 7. The third-order valence-electron chi connectivity index (χ3n) is 3.38. The van der Waals surface area contributed by atoms with Gasteiger partial charge in [-0.05, 0) is 26.3 Å². The first-order chi connectivity index (χ1) is 11.6. The molecule has 2 heterocycles.